The number of nitrogens with one attached hydrogen (secondary N) is 1. The maximum absolute atomic E-state index is 13.9. The van der Waals surface area contributed by atoms with E-state index in [-0.39, 0.29) is 11.7 Å². The van der Waals surface area contributed by atoms with E-state index >= 15 is 0 Å². The first-order valence-electron chi connectivity index (χ1n) is 12.6. The molecule has 1 aliphatic rings. The van der Waals surface area contributed by atoms with Gasteiger partial charge in [0.2, 0.25) is 5.91 Å². The van der Waals surface area contributed by atoms with Crippen molar-refractivity contribution in [1.29, 1.82) is 10.7 Å². The summed E-state index contributed by atoms with van der Waals surface area (Å²) < 4.78 is 2.08. The normalized spacial score (nSPS) is 14.4. The molecule has 0 aliphatic heterocycles. The van der Waals surface area contributed by atoms with Crippen molar-refractivity contribution in [3.05, 3.63) is 76.1 Å². The number of aromatic nitrogens is 2. The average Bonchev–Trinajstić information content (AvgIpc) is 3.39. The number of benzene rings is 2. The van der Waals surface area contributed by atoms with Gasteiger partial charge in [-0.05, 0) is 78.1 Å². The van der Waals surface area contributed by atoms with E-state index in [0.717, 1.165) is 44.9 Å². The van der Waals surface area contributed by atoms with Crippen LogP contribution in [0.5, 0.6) is 0 Å². The molecule has 0 spiro atoms. The molecule has 6 nitrogen and oxygen atoms in total. The van der Waals surface area contributed by atoms with Crippen molar-refractivity contribution in [2.75, 3.05) is 7.05 Å². The minimum atomic E-state index is -0.547. The fourth-order valence-corrected chi connectivity index (χ4v) is 6.01. The third kappa shape index (κ3) is 4.82. The minimum absolute atomic E-state index is 0.108. The molecule has 2 aromatic carbocycles. The summed E-state index contributed by atoms with van der Waals surface area (Å²) in [6.07, 6.45) is 4.43. The van der Waals surface area contributed by atoms with Crippen LogP contribution < -0.4 is 0 Å². The molecule has 4 aromatic rings. The third-order valence-corrected chi connectivity index (χ3v) is 8.76. The molecule has 0 radical (unpaired) electrons. The summed E-state index contributed by atoms with van der Waals surface area (Å²) in [5.74, 6) is 0.334. The molecule has 5 rings (SSSR count). The molecule has 2 heterocycles. The first kappa shape index (κ1) is 24.9. The van der Waals surface area contributed by atoms with Gasteiger partial charge in [0.25, 0.3) is 0 Å². The van der Waals surface area contributed by atoms with Gasteiger partial charge in [0.1, 0.15) is 0 Å². The Morgan fingerprint density at radius 2 is 2.03 bits per heavy atom. The van der Waals surface area contributed by atoms with Crippen LogP contribution in [0.1, 0.15) is 55.5 Å². The molecule has 1 aliphatic carbocycles. The number of amides is 1. The van der Waals surface area contributed by atoms with E-state index in [9.17, 15) is 10.1 Å². The zero-order valence-electron chi connectivity index (χ0n) is 21.7. The third-order valence-electron chi connectivity index (χ3n) is 7.49. The van der Waals surface area contributed by atoms with Crippen molar-refractivity contribution in [2.24, 2.45) is 5.92 Å². The fraction of sp³-hybridized carbons (Fsp3) is 0.333. The molecule has 1 N–H and O–H groups in total. The van der Waals surface area contributed by atoms with Crippen molar-refractivity contribution in [1.82, 2.24) is 14.7 Å². The van der Waals surface area contributed by atoms with Gasteiger partial charge in [0, 0.05) is 29.3 Å². The molecule has 1 amide bonds. The summed E-state index contributed by atoms with van der Waals surface area (Å²) in [5.41, 5.74) is 4.10. The Morgan fingerprint density at radius 3 is 2.73 bits per heavy atom. The summed E-state index contributed by atoms with van der Waals surface area (Å²) in [6, 6.07) is 18.1. The summed E-state index contributed by atoms with van der Waals surface area (Å²) in [6.45, 7) is 6.78. The Hall–Kier alpha value is -3.76. The lowest BCUT2D eigenvalue weighted by molar-refractivity contribution is -0.129. The molecule has 37 heavy (non-hydrogen) atoms. The molecule has 188 valence electrons. The second-order valence-corrected chi connectivity index (χ2v) is 11.5. The van der Waals surface area contributed by atoms with Gasteiger partial charge in [-0.1, -0.05) is 32.0 Å². The molecule has 1 atom stereocenters. The SMILES string of the molecule is CC(=N)N(C)C(=O)[C@H](c1ccc2c(cnn2CC2CC2)c1)C(C)(C)c1cc(-c2cccc(C#N)c2)cs1. The van der Waals surface area contributed by atoms with Crippen molar-refractivity contribution in [3.8, 4) is 17.2 Å². The Morgan fingerprint density at radius 1 is 1.24 bits per heavy atom. The van der Waals surface area contributed by atoms with E-state index in [1.54, 1.807) is 31.4 Å². The molecule has 0 unspecified atom stereocenters. The minimum Gasteiger partial charge on any atom is -0.304 e. The molecular weight excluding hydrogens is 478 g/mol. The maximum Gasteiger partial charge on any atom is 0.236 e. The predicted molar refractivity (Wildman–Crippen MR) is 149 cm³/mol. The van der Waals surface area contributed by atoms with E-state index < -0.39 is 11.3 Å². The summed E-state index contributed by atoms with van der Waals surface area (Å²) in [7, 11) is 1.67. The molecule has 1 saturated carbocycles. The lowest BCUT2D eigenvalue weighted by Gasteiger charge is -2.35. The molecule has 0 bridgehead atoms. The number of carbonyl (C=O) groups is 1. The van der Waals surface area contributed by atoms with Gasteiger partial charge in [-0.3, -0.25) is 14.9 Å². The van der Waals surface area contributed by atoms with Crippen LogP contribution >= 0.6 is 11.3 Å². The summed E-state index contributed by atoms with van der Waals surface area (Å²) in [5, 5.41) is 25.2. The maximum atomic E-state index is 13.9. The van der Waals surface area contributed by atoms with E-state index in [4.69, 9.17) is 5.41 Å². The first-order valence-corrected chi connectivity index (χ1v) is 13.4. The number of fused-ring (bicyclic) bond motifs is 1. The van der Waals surface area contributed by atoms with Gasteiger partial charge in [-0.25, -0.2) is 0 Å². The fourth-order valence-electron chi connectivity index (χ4n) is 4.94. The first-order chi connectivity index (χ1) is 17.7. The van der Waals surface area contributed by atoms with Gasteiger partial charge >= 0.3 is 0 Å². The van der Waals surface area contributed by atoms with Crippen LogP contribution in [0.2, 0.25) is 0 Å². The highest BCUT2D eigenvalue weighted by atomic mass is 32.1. The van der Waals surface area contributed by atoms with Crippen LogP contribution in [0.4, 0.5) is 0 Å². The highest BCUT2D eigenvalue weighted by Crippen LogP contribution is 2.44. The standard InChI is InChI=1S/C30H31N5OS/c1-19(32)34(4)29(36)28(23-10-11-26-24(13-23)16-33-35(26)17-20-8-9-20)30(2,3)27-14-25(18-37-27)22-7-5-6-21(12-22)15-31/h5-7,10-14,16,18,20,28,32H,8-9,17H2,1-4H3/t28-/m0/s1. The average molecular weight is 510 g/mol. The zero-order chi connectivity index (χ0) is 26.3. The van der Waals surface area contributed by atoms with Gasteiger partial charge in [-0.2, -0.15) is 10.4 Å². The largest absolute Gasteiger partial charge is 0.304 e. The van der Waals surface area contributed by atoms with E-state index in [0.29, 0.717) is 5.56 Å². The topological polar surface area (TPSA) is 85.8 Å². The van der Waals surface area contributed by atoms with E-state index in [1.165, 1.54) is 17.7 Å². The number of hydrogen-bond acceptors (Lipinski definition) is 5. The lowest BCUT2D eigenvalue weighted by atomic mass is 9.72. The summed E-state index contributed by atoms with van der Waals surface area (Å²) in [4.78, 5) is 16.4. The highest BCUT2D eigenvalue weighted by Gasteiger charge is 2.41. The molecule has 2 aromatic heterocycles. The number of amidine groups is 1. The predicted octanol–water partition coefficient (Wildman–Crippen LogP) is 6.56. The van der Waals surface area contributed by atoms with Crippen molar-refractivity contribution in [3.63, 3.8) is 0 Å². The van der Waals surface area contributed by atoms with Gasteiger partial charge in [-0.15, -0.1) is 11.3 Å². The summed E-state index contributed by atoms with van der Waals surface area (Å²) >= 11 is 1.62. The Bertz CT molecular complexity index is 1530. The van der Waals surface area contributed by atoms with Gasteiger partial charge < -0.3 is 4.90 Å². The van der Waals surface area contributed by atoms with Crippen molar-refractivity contribution in [2.45, 2.75) is 51.5 Å². The zero-order valence-corrected chi connectivity index (χ0v) is 22.5. The van der Waals surface area contributed by atoms with Crippen molar-refractivity contribution >= 4 is 34.0 Å². The number of hydrogen-bond donors (Lipinski definition) is 1. The van der Waals surface area contributed by atoms with E-state index in [2.05, 4.69) is 59.3 Å². The Labute approximate surface area is 221 Å². The molecule has 1 fully saturated rings. The van der Waals surface area contributed by atoms with Crippen LogP contribution in [0.3, 0.4) is 0 Å². The van der Waals surface area contributed by atoms with Crippen LogP contribution in [-0.4, -0.2) is 33.5 Å². The van der Waals surface area contributed by atoms with Crippen LogP contribution in [-0.2, 0) is 16.8 Å². The van der Waals surface area contributed by atoms with Crippen LogP contribution in [0, 0.1) is 22.7 Å². The molecule has 0 saturated heterocycles. The number of likely N-dealkylation sites (N-methyl/N-ethyl adjacent to an activating group) is 1. The number of carbonyl (C=O) groups excluding carboxylic acids is 1. The molecule has 7 heteroatoms. The van der Waals surface area contributed by atoms with Gasteiger partial charge in [0.05, 0.1) is 35.1 Å². The number of nitrogens with zero attached hydrogens (tertiary/aromatic N) is 4. The Kier molecular flexibility index (Phi) is 6.47. The highest BCUT2D eigenvalue weighted by molar-refractivity contribution is 7.10. The lowest BCUT2D eigenvalue weighted by Crippen LogP contribution is -2.42. The van der Waals surface area contributed by atoms with Gasteiger partial charge in [0.15, 0.2) is 0 Å². The van der Waals surface area contributed by atoms with Crippen molar-refractivity contribution < 1.29 is 4.79 Å². The number of thiophene rings is 1. The Balaban J connectivity index is 1.55. The van der Waals surface area contributed by atoms with E-state index in [1.807, 2.05) is 24.4 Å². The van der Waals surface area contributed by atoms with Crippen LogP contribution in [0.15, 0.2) is 60.1 Å². The second-order valence-electron chi connectivity index (χ2n) is 10.6. The number of nitriles is 1. The second kappa shape index (κ2) is 9.60. The number of rotatable bonds is 7. The smallest absolute Gasteiger partial charge is 0.236 e. The van der Waals surface area contributed by atoms with Crippen LogP contribution in [0.25, 0.3) is 22.0 Å². The molecular formula is C30H31N5OS. The quantitative estimate of drug-likeness (QED) is 0.226. The monoisotopic (exact) mass is 509 g/mol.